The average Bonchev–Trinajstić information content (AvgIpc) is 2.42. The molecule has 0 heteroatoms. The molecule has 0 saturated heterocycles. The van der Waals surface area contributed by atoms with E-state index in [1.54, 1.807) is 38.5 Å². The molecule has 2 bridgehead atoms. The van der Waals surface area contributed by atoms with Gasteiger partial charge in [0.1, 0.15) is 0 Å². The number of hydrogen-bond donors (Lipinski definition) is 0. The monoisotopic (exact) mass is 122 g/mol. The summed E-state index contributed by atoms with van der Waals surface area (Å²) in [5, 5.41) is 0. The molecule has 0 radical (unpaired) electrons. The van der Waals surface area contributed by atoms with Crippen LogP contribution in [0, 0.1) is 17.3 Å². The van der Waals surface area contributed by atoms with Crippen molar-refractivity contribution in [1.82, 2.24) is 0 Å². The van der Waals surface area contributed by atoms with Gasteiger partial charge in [0.15, 0.2) is 0 Å². The highest BCUT2D eigenvalue weighted by Gasteiger charge is 2.57. The summed E-state index contributed by atoms with van der Waals surface area (Å²) in [5.74, 6) is 2.39. The lowest BCUT2D eigenvalue weighted by Crippen LogP contribution is -2.29. The Hall–Kier alpha value is 0. The molecule has 4 aliphatic carbocycles. The molecule has 0 nitrogen and oxygen atoms in total. The van der Waals surface area contributed by atoms with Gasteiger partial charge in [0.25, 0.3) is 0 Å². The first-order valence-corrected chi connectivity index (χ1v) is 4.39. The van der Waals surface area contributed by atoms with Gasteiger partial charge in [0, 0.05) is 0 Å². The third kappa shape index (κ3) is 0.461. The predicted octanol–water partition coefficient (Wildman–Crippen LogP) is 2.59. The summed E-state index contributed by atoms with van der Waals surface area (Å²) in [6.45, 7) is 0. The Morgan fingerprint density at radius 2 is 1.78 bits per heavy atom. The van der Waals surface area contributed by atoms with Gasteiger partial charge in [-0.15, -0.1) is 0 Å². The van der Waals surface area contributed by atoms with Gasteiger partial charge in [-0.3, -0.25) is 0 Å². The van der Waals surface area contributed by atoms with Crippen LogP contribution < -0.4 is 0 Å². The zero-order valence-corrected chi connectivity index (χ0v) is 5.90. The first-order valence-electron chi connectivity index (χ1n) is 4.39. The molecule has 0 aromatic heterocycles. The van der Waals surface area contributed by atoms with Gasteiger partial charge in [-0.2, -0.15) is 0 Å². The van der Waals surface area contributed by atoms with Crippen molar-refractivity contribution < 1.29 is 0 Å². The topological polar surface area (TPSA) is 0 Å². The van der Waals surface area contributed by atoms with Gasteiger partial charge in [0.2, 0.25) is 0 Å². The second-order valence-electron chi connectivity index (χ2n) is 4.45. The fraction of sp³-hybridized carbons (Fsp3) is 1.00. The summed E-state index contributed by atoms with van der Waals surface area (Å²) < 4.78 is 0. The maximum Gasteiger partial charge on any atom is -0.0264 e. The molecule has 4 rings (SSSR count). The quantitative estimate of drug-likeness (QED) is 0.501. The van der Waals surface area contributed by atoms with E-state index in [1.165, 1.54) is 11.8 Å². The van der Waals surface area contributed by atoms with Crippen LogP contribution in [-0.2, 0) is 0 Å². The minimum absolute atomic E-state index is 0.949. The highest BCUT2D eigenvalue weighted by atomic mass is 14.6. The van der Waals surface area contributed by atoms with Gasteiger partial charge in [-0.1, -0.05) is 0 Å². The van der Waals surface area contributed by atoms with Gasteiger partial charge in [0.05, 0.1) is 0 Å². The third-order valence-corrected chi connectivity index (χ3v) is 3.88. The van der Waals surface area contributed by atoms with Crippen LogP contribution in [0.2, 0.25) is 0 Å². The zero-order chi connectivity index (χ0) is 5.90. The number of hydrogen-bond acceptors (Lipinski definition) is 0. The van der Waals surface area contributed by atoms with Crippen molar-refractivity contribution in [3.63, 3.8) is 0 Å². The molecule has 4 aliphatic rings. The van der Waals surface area contributed by atoms with Crippen LogP contribution in [0.1, 0.15) is 38.5 Å². The summed E-state index contributed by atoms with van der Waals surface area (Å²) >= 11 is 0. The highest BCUT2D eigenvalue weighted by molar-refractivity contribution is 5.07. The normalized spacial score (nSPS) is 55.3. The molecule has 0 atom stereocenters. The van der Waals surface area contributed by atoms with E-state index in [0.29, 0.717) is 0 Å². The van der Waals surface area contributed by atoms with E-state index in [1.807, 2.05) is 0 Å². The second-order valence-corrected chi connectivity index (χ2v) is 4.45. The lowest BCUT2D eigenvalue weighted by atomic mass is 9.66. The van der Waals surface area contributed by atoms with E-state index in [2.05, 4.69) is 0 Å². The minimum atomic E-state index is 0.949. The molecule has 0 aliphatic heterocycles. The maximum absolute atomic E-state index is 1.62. The second kappa shape index (κ2) is 1.21. The van der Waals surface area contributed by atoms with Crippen LogP contribution in [0.25, 0.3) is 0 Å². The summed E-state index contributed by atoms with van der Waals surface area (Å²) in [5.41, 5.74) is 0.949. The van der Waals surface area contributed by atoms with Crippen molar-refractivity contribution in [1.29, 1.82) is 0 Å². The van der Waals surface area contributed by atoms with E-state index < -0.39 is 0 Å². The van der Waals surface area contributed by atoms with Gasteiger partial charge in [-0.25, -0.2) is 0 Å². The summed E-state index contributed by atoms with van der Waals surface area (Å²) in [6.07, 6.45) is 9.58. The Morgan fingerprint density at radius 3 is 2.22 bits per heavy atom. The Balaban J connectivity index is 1.87. The smallest absolute Gasteiger partial charge is 0.0264 e. The van der Waals surface area contributed by atoms with Gasteiger partial charge in [-0.05, 0) is 55.8 Å². The van der Waals surface area contributed by atoms with Crippen LogP contribution >= 0.6 is 0 Å². The predicted molar refractivity (Wildman–Crippen MR) is 37.1 cm³/mol. The van der Waals surface area contributed by atoms with Crippen molar-refractivity contribution in [3.8, 4) is 0 Å². The summed E-state index contributed by atoms with van der Waals surface area (Å²) in [4.78, 5) is 0. The molecule has 0 heterocycles. The van der Waals surface area contributed by atoms with Crippen LogP contribution in [0.15, 0.2) is 0 Å². The van der Waals surface area contributed by atoms with Crippen molar-refractivity contribution >= 4 is 0 Å². The first kappa shape index (κ1) is 4.76. The molecule has 0 N–H and O–H groups in total. The fourth-order valence-electron chi connectivity index (χ4n) is 3.22. The molecule has 0 spiro atoms. The van der Waals surface area contributed by atoms with E-state index in [-0.39, 0.29) is 0 Å². The van der Waals surface area contributed by atoms with Crippen LogP contribution in [0.5, 0.6) is 0 Å². The number of rotatable bonds is 1. The first-order chi connectivity index (χ1) is 4.39. The van der Waals surface area contributed by atoms with Gasteiger partial charge >= 0.3 is 0 Å². The molecular formula is C9H14. The fourth-order valence-corrected chi connectivity index (χ4v) is 3.22. The lowest BCUT2D eigenvalue weighted by molar-refractivity contribution is 0.114. The Morgan fingerprint density at radius 1 is 1.00 bits per heavy atom. The molecule has 0 aromatic rings. The van der Waals surface area contributed by atoms with Crippen LogP contribution in [0.3, 0.4) is 0 Å². The van der Waals surface area contributed by atoms with Crippen LogP contribution in [-0.4, -0.2) is 0 Å². The van der Waals surface area contributed by atoms with Crippen LogP contribution in [0.4, 0.5) is 0 Å². The molecule has 50 valence electrons. The van der Waals surface area contributed by atoms with E-state index in [9.17, 15) is 0 Å². The van der Waals surface area contributed by atoms with Crippen molar-refractivity contribution in [2.45, 2.75) is 38.5 Å². The third-order valence-electron chi connectivity index (χ3n) is 3.88. The maximum atomic E-state index is 1.62. The molecule has 4 saturated carbocycles. The molecule has 0 unspecified atom stereocenters. The van der Waals surface area contributed by atoms with Crippen molar-refractivity contribution in [3.05, 3.63) is 0 Å². The van der Waals surface area contributed by atoms with Gasteiger partial charge < -0.3 is 0 Å². The van der Waals surface area contributed by atoms with E-state index in [4.69, 9.17) is 0 Å². The molecule has 4 fully saturated rings. The standard InChI is InChI=1S/C9H14/c1-2-8(1)9-4-3-7(5-9)6-9/h7-8H,1-6H2. The molecule has 0 aromatic carbocycles. The summed E-state index contributed by atoms with van der Waals surface area (Å²) in [6, 6.07) is 0. The zero-order valence-electron chi connectivity index (χ0n) is 5.90. The SMILES string of the molecule is C1CC2(C3CC3)CC1C2. The van der Waals surface area contributed by atoms with Crippen molar-refractivity contribution in [2.24, 2.45) is 17.3 Å². The Bertz CT molecular complexity index is 133. The van der Waals surface area contributed by atoms with E-state index >= 15 is 0 Å². The Labute approximate surface area is 56.6 Å². The Kier molecular flexibility index (Phi) is 0.640. The minimum Gasteiger partial charge on any atom is -0.0499 e. The largest absolute Gasteiger partial charge is 0.0499 e. The molecule has 0 amide bonds. The molecule has 9 heavy (non-hydrogen) atoms. The number of fused-ring (bicyclic) bond motifs is 1. The molecular weight excluding hydrogens is 108 g/mol. The van der Waals surface area contributed by atoms with E-state index in [0.717, 1.165) is 5.41 Å². The lowest BCUT2D eigenvalue weighted by Gasteiger charge is -2.38. The van der Waals surface area contributed by atoms with Crippen molar-refractivity contribution in [2.75, 3.05) is 0 Å². The highest BCUT2D eigenvalue weighted by Crippen LogP contribution is 2.68. The summed E-state index contributed by atoms with van der Waals surface area (Å²) in [7, 11) is 0. The average molecular weight is 122 g/mol.